The molecule has 1 aromatic carbocycles. The minimum absolute atomic E-state index is 0.247. The fraction of sp³-hybridized carbons (Fsp3) is 0.765. The lowest BCUT2D eigenvalue weighted by molar-refractivity contribution is -0.113. The highest BCUT2D eigenvalue weighted by Crippen LogP contribution is 2.69. The zero-order valence-corrected chi connectivity index (χ0v) is 24.2. The van der Waals surface area contributed by atoms with Gasteiger partial charge >= 0.3 is 0 Å². The van der Waals surface area contributed by atoms with E-state index in [2.05, 4.69) is 40.3 Å². The van der Waals surface area contributed by atoms with Crippen LogP contribution < -0.4 is 16.2 Å². The van der Waals surface area contributed by atoms with Crippen LogP contribution in [0, 0.1) is 52.3 Å². The van der Waals surface area contributed by atoms with Gasteiger partial charge in [-0.05, 0) is 128 Å². The van der Waals surface area contributed by atoms with Gasteiger partial charge in [0.1, 0.15) is 5.75 Å². The molecule has 4 aliphatic carbocycles. The summed E-state index contributed by atoms with van der Waals surface area (Å²) in [5.41, 5.74) is 14.3. The molecule has 206 valence electrons. The Morgan fingerprint density at radius 3 is 2.54 bits per heavy atom. The van der Waals surface area contributed by atoms with E-state index in [1.165, 1.54) is 64.2 Å². The van der Waals surface area contributed by atoms with Crippen LogP contribution in [0.5, 0.6) is 5.75 Å². The Kier molecular flexibility index (Phi) is 7.64. The predicted molar refractivity (Wildman–Crippen MR) is 157 cm³/mol. The van der Waals surface area contributed by atoms with E-state index in [4.69, 9.17) is 16.2 Å². The third-order valence-electron chi connectivity index (χ3n) is 12.1. The highest BCUT2D eigenvalue weighted by molar-refractivity contribution is 5.60. The van der Waals surface area contributed by atoms with Crippen LogP contribution in [0.4, 0.5) is 11.4 Å². The molecule has 37 heavy (non-hydrogen) atoms. The summed E-state index contributed by atoms with van der Waals surface area (Å²) in [6.07, 6.45) is 18.9. The van der Waals surface area contributed by atoms with Crippen LogP contribution in [-0.4, -0.2) is 6.10 Å². The van der Waals surface area contributed by atoms with Gasteiger partial charge in [-0.25, -0.2) is 0 Å². The van der Waals surface area contributed by atoms with Crippen molar-refractivity contribution >= 4 is 11.4 Å². The molecule has 0 bridgehead atoms. The normalized spacial score (nSPS) is 39.9. The number of nitrogens with two attached hydrogens (primary N) is 2. The quantitative estimate of drug-likeness (QED) is 0.273. The summed E-state index contributed by atoms with van der Waals surface area (Å²) in [4.78, 5) is 0. The number of rotatable bonds is 8. The maximum absolute atomic E-state index is 6.47. The fourth-order valence-electron chi connectivity index (χ4n) is 10.3. The molecule has 4 aliphatic rings. The van der Waals surface area contributed by atoms with Crippen molar-refractivity contribution in [3.05, 3.63) is 30.9 Å². The highest BCUT2D eigenvalue weighted by Gasteiger charge is 2.61. The van der Waals surface area contributed by atoms with Crippen molar-refractivity contribution in [3.8, 4) is 5.75 Å². The van der Waals surface area contributed by atoms with Gasteiger partial charge in [0, 0.05) is 5.69 Å². The second kappa shape index (κ2) is 10.5. The molecule has 5 rings (SSSR count). The summed E-state index contributed by atoms with van der Waals surface area (Å²) in [5.74, 6) is 6.77. The fourth-order valence-corrected chi connectivity index (χ4v) is 10.3. The molecule has 4 saturated carbocycles. The first kappa shape index (κ1) is 26.9. The Labute approximate surface area is 227 Å². The van der Waals surface area contributed by atoms with Gasteiger partial charge in [-0.2, -0.15) is 0 Å². The molecule has 4 fully saturated rings. The lowest BCUT2D eigenvalue weighted by Gasteiger charge is -2.61. The smallest absolute Gasteiger partial charge is 0.142 e. The Hall–Kier alpha value is -1.64. The molecule has 0 aromatic heterocycles. The van der Waals surface area contributed by atoms with Crippen molar-refractivity contribution in [2.24, 2.45) is 52.3 Å². The Morgan fingerprint density at radius 2 is 1.81 bits per heavy atom. The van der Waals surface area contributed by atoms with Crippen LogP contribution in [0.1, 0.15) is 105 Å². The van der Waals surface area contributed by atoms with Gasteiger partial charge in [0.15, 0.2) is 0 Å². The van der Waals surface area contributed by atoms with E-state index in [1.54, 1.807) is 0 Å². The molecule has 0 amide bonds. The molecule has 0 heterocycles. The third-order valence-corrected chi connectivity index (χ3v) is 12.1. The topological polar surface area (TPSA) is 61.3 Å². The maximum Gasteiger partial charge on any atom is 0.142 e. The summed E-state index contributed by atoms with van der Waals surface area (Å²) in [6.45, 7) is 14.5. The molecule has 1 aromatic rings. The van der Waals surface area contributed by atoms with Gasteiger partial charge in [-0.15, -0.1) is 6.58 Å². The van der Waals surface area contributed by atoms with E-state index in [0.717, 1.165) is 54.1 Å². The molecule has 0 radical (unpaired) electrons. The number of allylic oxidation sites excluding steroid dienone is 1. The number of benzene rings is 1. The largest absolute Gasteiger partial charge is 0.488 e. The molecular weight excluding hydrogens is 452 g/mol. The molecule has 4 N–H and O–H groups in total. The van der Waals surface area contributed by atoms with Crippen LogP contribution in [-0.2, 0) is 0 Å². The zero-order valence-electron chi connectivity index (χ0n) is 24.2. The maximum atomic E-state index is 6.47. The van der Waals surface area contributed by atoms with Crippen LogP contribution in [0.3, 0.4) is 0 Å². The third kappa shape index (κ3) is 4.82. The van der Waals surface area contributed by atoms with E-state index < -0.39 is 0 Å². The second-order valence-electron chi connectivity index (χ2n) is 14.3. The summed E-state index contributed by atoms with van der Waals surface area (Å²) in [7, 11) is 0. The van der Waals surface area contributed by atoms with Gasteiger partial charge in [0.25, 0.3) is 0 Å². The average Bonchev–Trinajstić information content (AvgIpc) is 3.22. The van der Waals surface area contributed by atoms with Gasteiger partial charge < -0.3 is 16.2 Å². The van der Waals surface area contributed by atoms with E-state index in [-0.39, 0.29) is 6.10 Å². The van der Waals surface area contributed by atoms with Gasteiger partial charge in [0.2, 0.25) is 0 Å². The highest BCUT2D eigenvalue weighted by atomic mass is 16.5. The van der Waals surface area contributed by atoms with Crippen molar-refractivity contribution in [2.75, 3.05) is 11.5 Å². The summed E-state index contributed by atoms with van der Waals surface area (Å²) in [5, 5.41) is 0. The molecule has 0 aliphatic heterocycles. The first-order valence-electron chi connectivity index (χ1n) is 15.6. The molecule has 9 atom stereocenters. The van der Waals surface area contributed by atoms with Crippen LogP contribution >= 0.6 is 0 Å². The zero-order chi connectivity index (χ0) is 26.4. The van der Waals surface area contributed by atoms with Crippen molar-refractivity contribution in [1.29, 1.82) is 0 Å². The minimum atomic E-state index is 0.247. The number of hydrogen-bond acceptors (Lipinski definition) is 3. The van der Waals surface area contributed by atoms with Crippen LogP contribution in [0.2, 0.25) is 0 Å². The number of ether oxygens (including phenoxy) is 1. The lowest BCUT2D eigenvalue weighted by Crippen LogP contribution is -2.55. The van der Waals surface area contributed by atoms with E-state index in [9.17, 15) is 0 Å². The molecule has 3 heteroatoms. The lowest BCUT2D eigenvalue weighted by atomic mass is 9.44. The second-order valence-corrected chi connectivity index (χ2v) is 14.3. The molecule has 0 spiro atoms. The first-order valence-corrected chi connectivity index (χ1v) is 15.6. The van der Waals surface area contributed by atoms with Crippen molar-refractivity contribution in [1.82, 2.24) is 0 Å². The van der Waals surface area contributed by atoms with Crippen molar-refractivity contribution < 1.29 is 4.74 Å². The number of fused-ring (bicyclic) bond motifs is 5. The molecule has 9 unspecified atom stereocenters. The van der Waals surface area contributed by atoms with Gasteiger partial charge in [0.05, 0.1) is 11.8 Å². The first-order chi connectivity index (χ1) is 17.7. The summed E-state index contributed by atoms with van der Waals surface area (Å²) >= 11 is 0. The summed E-state index contributed by atoms with van der Waals surface area (Å²) < 4.78 is 6.47. The van der Waals surface area contributed by atoms with E-state index >= 15 is 0 Å². The molecular formula is C34H54N2O. The minimum Gasteiger partial charge on any atom is -0.488 e. The van der Waals surface area contributed by atoms with Crippen molar-refractivity contribution in [3.63, 3.8) is 0 Å². The van der Waals surface area contributed by atoms with Gasteiger partial charge in [-0.1, -0.05) is 53.0 Å². The monoisotopic (exact) mass is 506 g/mol. The van der Waals surface area contributed by atoms with Gasteiger partial charge in [-0.3, -0.25) is 0 Å². The van der Waals surface area contributed by atoms with Crippen molar-refractivity contribution in [2.45, 2.75) is 111 Å². The molecule has 0 saturated heterocycles. The Bertz CT molecular complexity index is 957. The number of hydrogen-bond donors (Lipinski definition) is 2. The standard InChI is InChI=1S/C34H54N2O/c1-6-34-19-16-26(37-32-15-11-25(35)21-31(32)36)20-24(34)10-12-27-29-14-13-28(23(4)9-7-8-22(2)3)33(29,5)18-17-30(27)34/h6,11,15,21-24,26-30H,1,7-10,12-14,16-20,35-36H2,2-5H3. The van der Waals surface area contributed by atoms with E-state index in [0.29, 0.717) is 28.1 Å². The number of anilines is 2. The van der Waals surface area contributed by atoms with E-state index in [1.807, 2.05) is 18.2 Å². The predicted octanol–water partition coefficient (Wildman–Crippen LogP) is 8.89. The number of nitrogen functional groups attached to an aromatic ring is 2. The molecule has 3 nitrogen and oxygen atoms in total. The summed E-state index contributed by atoms with van der Waals surface area (Å²) in [6, 6.07) is 5.66. The van der Waals surface area contributed by atoms with Crippen LogP contribution in [0.15, 0.2) is 30.9 Å². The van der Waals surface area contributed by atoms with Crippen LogP contribution in [0.25, 0.3) is 0 Å². The SMILES string of the molecule is C=CC12CCC(Oc3ccc(N)cc3N)CC1CCC1C3CCC(C(C)CCCC(C)C)C3(C)CCC12. The average molecular weight is 507 g/mol. The Morgan fingerprint density at radius 1 is 1.00 bits per heavy atom. The Balaban J connectivity index is 1.27.